The molecule has 0 radical (unpaired) electrons. The van der Waals surface area contributed by atoms with Crippen LogP contribution in [0.15, 0.2) is 0 Å². The lowest BCUT2D eigenvalue weighted by Gasteiger charge is -2.36. The maximum atomic E-state index is 11.8. The Kier molecular flexibility index (Phi) is 6.09. The number of hydrogen-bond acceptors (Lipinski definition) is 3. The van der Waals surface area contributed by atoms with Crippen LogP contribution in [0.1, 0.15) is 52.4 Å². The molecule has 0 heterocycles. The van der Waals surface area contributed by atoms with Gasteiger partial charge in [-0.1, -0.05) is 20.3 Å². The van der Waals surface area contributed by atoms with Crippen LogP contribution in [0.25, 0.3) is 0 Å². The van der Waals surface area contributed by atoms with E-state index in [1.165, 1.54) is 6.42 Å². The topological polar surface area (TPSA) is 75.3 Å². The lowest BCUT2D eigenvalue weighted by atomic mass is 9.78. The molecule has 1 atom stereocenters. The summed E-state index contributed by atoms with van der Waals surface area (Å²) < 4.78 is 0. The Morgan fingerprint density at radius 3 is 2.50 bits per heavy atom. The van der Waals surface area contributed by atoms with Gasteiger partial charge in [0.05, 0.1) is 5.60 Å². The van der Waals surface area contributed by atoms with Gasteiger partial charge in [0, 0.05) is 19.0 Å². The minimum Gasteiger partial charge on any atom is -0.388 e. The summed E-state index contributed by atoms with van der Waals surface area (Å²) in [7, 11) is 0. The van der Waals surface area contributed by atoms with Gasteiger partial charge >= 0.3 is 0 Å². The van der Waals surface area contributed by atoms with Crippen molar-refractivity contribution in [1.29, 1.82) is 0 Å². The molecular weight excluding hydrogens is 228 g/mol. The minimum atomic E-state index is -0.700. The standard InChI is InChI=1S/C14H28N2O2/c1-3-11-5-7-14(18,8-6-11)10-16-13(17)12(4-2)9-15/h11-12,18H,3-10,15H2,1-2H3,(H,16,17). The van der Waals surface area contributed by atoms with Crippen LogP contribution < -0.4 is 11.1 Å². The van der Waals surface area contributed by atoms with Crippen LogP contribution in [-0.4, -0.2) is 29.7 Å². The molecule has 1 unspecified atom stereocenters. The van der Waals surface area contributed by atoms with Gasteiger partial charge in [-0.15, -0.1) is 0 Å². The number of rotatable bonds is 6. The molecule has 1 amide bonds. The van der Waals surface area contributed by atoms with E-state index in [1.807, 2.05) is 6.92 Å². The number of carbonyl (C=O) groups excluding carboxylic acids is 1. The second kappa shape index (κ2) is 7.10. The van der Waals surface area contributed by atoms with Crippen molar-refractivity contribution in [2.45, 2.75) is 58.0 Å². The Labute approximate surface area is 110 Å². The van der Waals surface area contributed by atoms with Crippen LogP contribution in [0.4, 0.5) is 0 Å². The van der Waals surface area contributed by atoms with Gasteiger partial charge in [0.25, 0.3) is 0 Å². The van der Waals surface area contributed by atoms with Gasteiger partial charge in [0.15, 0.2) is 0 Å². The maximum absolute atomic E-state index is 11.8. The number of aliphatic hydroxyl groups is 1. The third kappa shape index (κ3) is 4.25. The number of hydrogen-bond donors (Lipinski definition) is 3. The van der Waals surface area contributed by atoms with Crippen molar-refractivity contribution in [2.75, 3.05) is 13.1 Å². The van der Waals surface area contributed by atoms with Gasteiger partial charge < -0.3 is 16.2 Å². The lowest BCUT2D eigenvalue weighted by molar-refractivity contribution is -0.126. The van der Waals surface area contributed by atoms with Gasteiger partial charge in [-0.2, -0.15) is 0 Å². The fraction of sp³-hybridized carbons (Fsp3) is 0.929. The Morgan fingerprint density at radius 1 is 1.44 bits per heavy atom. The number of nitrogens with one attached hydrogen (secondary N) is 1. The lowest BCUT2D eigenvalue weighted by Crippen LogP contribution is -2.47. The molecule has 18 heavy (non-hydrogen) atoms. The third-order valence-electron chi connectivity index (χ3n) is 4.35. The average Bonchev–Trinajstić information content (AvgIpc) is 2.39. The van der Waals surface area contributed by atoms with Crippen LogP contribution in [0.5, 0.6) is 0 Å². The smallest absolute Gasteiger partial charge is 0.224 e. The van der Waals surface area contributed by atoms with Gasteiger partial charge in [-0.05, 0) is 38.0 Å². The molecule has 0 spiro atoms. The van der Waals surface area contributed by atoms with Gasteiger partial charge in [0.2, 0.25) is 5.91 Å². The van der Waals surface area contributed by atoms with Gasteiger partial charge in [-0.3, -0.25) is 4.79 Å². The summed E-state index contributed by atoms with van der Waals surface area (Å²) in [4.78, 5) is 11.8. The van der Waals surface area contributed by atoms with E-state index in [4.69, 9.17) is 5.73 Å². The molecule has 1 saturated carbocycles. The Hall–Kier alpha value is -0.610. The number of carbonyl (C=O) groups is 1. The fourth-order valence-corrected chi connectivity index (χ4v) is 2.66. The van der Waals surface area contributed by atoms with E-state index < -0.39 is 5.60 Å². The van der Waals surface area contributed by atoms with E-state index in [-0.39, 0.29) is 11.8 Å². The van der Waals surface area contributed by atoms with Crippen molar-refractivity contribution >= 4 is 5.91 Å². The molecule has 0 aromatic rings. The molecule has 1 rings (SSSR count). The summed E-state index contributed by atoms with van der Waals surface area (Å²) in [5, 5.41) is 13.3. The summed E-state index contributed by atoms with van der Waals surface area (Å²) in [6, 6.07) is 0. The van der Waals surface area contributed by atoms with Crippen molar-refractivity contribution in [2.24, 2.45) is 17.6 Å². The summed E-state index contributed by atoms with van der Waals surface area (Å²) in [5.41, 5.74) is 4.84. The second-order valence-electron chi connectivity index (χ2n) is 5.63. The zero-order valence-electron chi connectivity index (χ0n) is 11.7. The molecule has 1 aliphatic carbocycles. The molecule has 0 bridgehead atoms. The highest BCUT2D eigenvalue weighted by Gasteiger charge is 2.33. The van der Waals surface area contributed by atoms with Gasteiger partial charge in [0.1, 0.15) is 0 Å². The molecule has 4 nitrogen and oxygen atoms in total. The predicted molar refractivity (Wildman–Crippen MR) is 73.0 cm³/mol. The quantitative estimate of drug-likeness (QED) is 0.673. The van der Waals surface area contributed by atoms with Crippen molar-refractivity contribution in [3.8, 4) is 0 Å². The number of nitrogens with two attached hydrogens (primary N) is 1. The van der Waals surface area contributed by atoms with E-state index in [1.54, 1.807) is 0 Å². The van der Waals surface area contributed by atoms with Crippen molar-refractivity contribution in [3.05, 3.63) is 0 Å². The first-order valence-corrected chi connectivity index (χ1v) is 7.24. The first-order valence-electron chi connectivity index (χ1n) is 7.24. The molecule has 0 aromatic carbocycles. The van der Waals surface area contributed by atoms with Crippen LogP contribution >= 0.6 is 0 Å². The maximum Gasteiger partial charge on any atom is 0.224 e. The average molecular weight is 256 g/mol. The molecule has 4 heteroatoms. The molecule has 1 aliphatic rings. The van der Waals surface area contributed by atoms with Crippen LogP contribution in [-0.2, 0) is 4.79 Å². The Bertz CT molecular complexity index is 257. The van der Waals surface area contributed by atoms with Crippen LogP contribution in [0, 0.1) is 11.8 Å². The SMILES string of the molecule is CCC1CCC(O)(CNC(=O)C(CC)CN)CC1. The second-order valence-corrected chi connectivity index (χ2v) is 5.63. The van der Waals surface area contributed by atoms with Crippen molar-refractivity contribution in [3.63, 3.8) is 0 Å². The summed E-state index contributed by atoms with van der Waals surface area (Å²) in [5.74, 6) is 0.597. The first-order chi connectivity index (χ1) is 8.54. The molecule has 0 aliphatic heterocycles. The molecule has 0 aromatic heterocycles. The highest BCUT2D eigenvalue weighted by Crippen LogP contribution is 2.33. The third-order valence-corrected chi connectivity index (χ3v) is 4.35. The molecule has 0 saturated heterocycles. The fourth-order valence-electron chi connectivity index (χ4n) is 2.66. The largest absolute Gasteiger partial charge is 0.388 e. The highest BCUT2D eigenvalue weighted by molar-refractivity contribution is 5.78. The zero-order chi connectivity index (χ0) is 13.6. The van der Waals surface area contributed by atoms with Gasteiger partial charge in [-0.25, -0.2) is 0 Å². The van der Waals surface area contributed by atoms with Crippen LogP contribution in [0.2, 0.25) is 0 Å². The Balaban J connectivity index is 2.36. The predicted octanol–water partition coefficient (Wildman–Crippen LogP) is 1.42. The van der Waals surface area contributed by atoms with E-state index in [9.17, 15) is 9.90 Å². The highest BCUT2D eigenvalue weighted by atomic mass is 16.3. The van der Waals surface area contributed by atoms with E-state index >= 15 is 0 Å². The summed E-state index contributed by atoms with van der Waals surface area (Å²) >= 11 is 0. The zero-order valence-corrected chi connectivity index (χ0v) is 11.7. The van der Waals surface area contributed by atoms with Crippen LogP contribution in [0.3, 0.4) is 0 Å². The summed E-state index contributed by atoms with van der Waals surface area (Å²) in [6.07, 6.45) is 5.66. The first kappa shape index (κ1) is 15.4. The van der Waals surface area contributed by atoms with E-state index in [0.717, 1.165) is 38.0 Å². The summed E-state index contributed by atoms with van der Waals surface area (Å²) in [6.45, 7) is 4.90. The van der Waals surface area contributed by atoms with E-state index in [0.29, 0.717) is 13.1 Å². The van der Waals surface area contributed by atoms with E-state index in [2.05, 4.69) is 12.2 Å². The Morgan fingerprint density at radius 2 is 2.06 bits per heavy atom. The molecule has 106 valence electrons. The molecule has 1 fully saturated rings. The minimum absolute atomic E-state index is 0.0222. The molecular formula is C14H28N2O2. The normalized spacial score (nSPS) is 29.9. The monoisotopic (exact) mass is 256 g/mol. The molecule has 4 N–H and O–H groups in total. The van der Waals surface area contributed by atoms with Crippen molar-refractivity contribution in [1.82, 2.24) is 5.32 Å². The van der Waals surface area contributed by atoms with Crippen molar-refractivity contribution < 1.29 is 9.90 Å². The number of amides is 1.